The van der Waals surface area contributed by atoms with Gasteiger partial charge in [0, 0.05) is 25.6 Å². The van der Waals surface area contributed by atoms with E-state index in [1.807, 2.05) is 0 Å². The number of ether oxygens (including phenoxy) is 1. The van der Waals surface area contributed by atoms with Crippen LogP contribution in [0.2, 0.25) is 0 Å². The molecule has 32 heavy (non-hydrogen) atoms. The second-order valence-electron chi connectivity index (χ2n) is 9.06. The van der Waals surface area contributed by atoms with Crippen LogP contribution in [0, 0.1) is 5.82 Å². The highest BCUT2D eigenvalue weighted by atomic mass is 19.3. The molecule has 1 N–H and O–H groups in total. The van der Waals surface area contributed by atoms with E-state index in [0.717, 1.165) is 5.56 Å². The van der Waals surface area contributed by atoms with Gasteiger partial charge in [0.2, 0.25) is 5.91 Å². The number of carbonyl (C=O) groups excluding carboxylic acids is 2. The van der Waals surface area contributed by atoms with Gasteiger partial charge in [-0.3, -0.25) is 14.5 Å². The molecule has 1 amide bonds. The van der Waals surface area contributed by atoms with E-state index in [2.05, 4.69) is 10.2 Å². The summed E-state index contributed by atoms with van der Waals surface area (Å²) in [4.78, 5) is 29.1. The van der Waals surface area contributed by atoms with Crippen molar-refractivity contribution >= 4 is 11.9 Å². The summed E-state index contributed by atoms with van der Waals surface area (Å²) in [5.74, 6) is -3.70. The van der Waals surface area contributed by atoms with Crippen LogP contribution in [-0.4, -0.2) is 79.0 Å². The van der Waals surface area contributed by atoms with E-state index < -0.39 is 23.9 Å². The van der Waals surface area contributed by atoms with Crippen LogP contribution in [0.3, 0.4) is 0 Å². The summed E-state index contributed by atoms with van der Waals surface area (Å²) >= 11 is 0. The topological polar surface area (TPSA) is 61.9 Å². The van der Waals surface area contributed by atoms with Gasteiger partial charge in [-0.15, -0.1) is 0 Å². The zero-order valence-electron chi connectivity index (χ0n) is 18.3. The third-order valence-electron chi connectivity index (χ3n) is 7.12. The van der Waals surface area contributed by atoms with Gasteiger partial charge >= 0.3 is 5.97 Å². The predicted molar refractivity (Wildman–Crippen MR) is 112 cm³/mol. The molecule has 176 valence electrons. The van der Waals surface area contributed by atoms with Crippen molar-refractivity contribution in [1.82, 2.24) is 15.1 Å². The van der Waals surface area contributed by atoms with Gasteiger partial charge in [0.1, 0.15) is 5.82 Å². The number of amides is 1. The smallest absolute Gasteiger partial charge is 0.316 e. The summed E-state index contributed by atoms with van der Waals surface area (Å²) in [7, 11) is 0. The number of halogens is 3. The lowest BCUT2D eigenvalue weighted by molar-refractivity contribution is -0.152. The van der Waals surface area contributed by atoms with Crippen molar-refractivity contribution in [3.63, 3.8) is 0 Å². The molecule has 0 aliphatic carbocycles. The number of alkyl halides is 2. The maximum Gasteiger partial charge on any atom is 0.316 e. The highest BCUT2D eigenvalue weighted by molar-refractivity contribution is 5.84. The van der Waals surface area contributed by atoms with Crippen molar-refractivity contribution < 1.29 is 27.5 Å². The Kier molecular flexibility index (Phi) is 6.49. The van der Waals surface area contributed by atoms with Gasteiger partial charge < -0.3 is 15.0 Å². The Hall–Kier alpha value is -2.13. The van der Waals surface area contributed by atoms with Crippen molar-refractivity contribution in [3.05, 3.63) is 35.6 Å². The Morgan fingerprint density at radius 3 is 2.41 bits per heavy atom. The number of benzene rings is 1. The molecular formula is C23H30F3N3O3. The maximum absolute atomic E-state index is 13.5. The summed E-state index contributed by atoms with van der Waals surface area (Å²) in [6, 6.07) is 5.67. The minimum Gasteiger partial charge on any atom is -0.465 e. The van der Waals surface area contributed by atoms with Gasteiger partial charge in [0.15, 0.2) is 0 Å². The quantitative estimate of drug-likeness (QED) is 0.694. The van der Waals surface area contributed by atoms with Gasteiger partial charge in [-0.1, -0.05) is 12.1 Å². The van der Waals surface area contributed by atoms with Gasteiger partial charge in [-0.25, -0.2) is 13.2 Å². The minimum absolute atomic E-state index is 0.0954. The molecule has 6 nitrogen and oxygen atoms in total. The third kappa shape index (κ3) is 4.50. The predicted octanol–water partition coefficient (Wildman–Crippen LogP) is 2.32. The Labute approximate surface area is 186 Å². The molecule has 3 saturated heterocycles. The number of likely N-dealkylation sites (tertiary alicyclic amines) is 2. The van der Waals surface area contributed by atoms with E-state index in [1.165, 1.54) is 17.0 Å². The standard InChI is InChI=1S/C23H30F3N3O3/c1-2-32-21(31)22(16-3-5-17(24)6-4-16)7-10-28(11-8-22)18-13-19(27-14-18)20(30)29-12-9-23(25,26)15-29/h3-6,18-19,27H,2,7-15H2,1H3/t18-,19-/m0/s1. The first-order valence-corrected chi connectivity index (χ1v) is 11.3. The van der Waals surface area contributed by atoms with Gasteiger partial charge in [0.05, 0.1) is 24.6 Å². The molecule has 3 aliphatic heterocycles. The molecule has 0 saturated carbocycles. The van der Waals surface area contributed by atoms with E-state index in [0.29, 0.717) is 38.9 Å². The molecule has 2 atom stereocenters. The first-order chi connectivity index (χ1) is 15.2. The Morgan fingerprint density at radius 2 is 1.81 bits per heavy atom. The third-order valence-corrected chi connectivity index (χ3v) is 7.12. The van der Waals surface area contributed by atoms with Crippen molar-refractivity contribution in [2.45, 2.75) is 56.0 Å². The molecule has 3 fully saturated rings. The molecule has 0 spiro atoms. The molecule has 0 radical (unpaired) electrons. The normalized spacial score (nSPS) is 27.4. The van der Waals surface area contributed by atoms with Crippen LogP contribution in [-0.2, 0) is 19.7 Å². The fraction of sp³-hybridized carbons (Fsp3) is 0.652. The van der Waals surface area contributed by atoms with Gasteiger partial charge in [-0.2, -0.15) is 0 Å². The van der Waals surface area contributed by atoms with Crippen LogP contribution in [0.4, 0.5) is 13.2 Å². The van der Waals surface area contributed by atoms with Crippen molar-refractivity contribution in [2.75, 3.05) is 39.3 Å². The molecule has 3 heterocycles. The first-order valence-electron chi connectivity index (χ1n) is 11.3. The molecule has 0 aromatic heterocycles. The van der Waals surface area contributed by atoms with E-state index >= 15 is 0 Å². The maximum atomic E-state index is 13.5. The van der Waals surface area contributed by atoms with E-state index in [1.54, 1.807) is 19.1 Å². The number of piperidine rings is 1. The second kappa shape index (κ2) is 9.02. The molecule has 3 aliphatic rings. The molecule has 0 unspecified atom stereocenters. The first kappa shape index (κ1) is 23.0. The van der Waals surface area contributed by atoms with Crippen LogP contribution >= 0.6 is 0 Å². The van der Waals surface area contributed by atoms with Crippen molar-refractivity contribution in [3.8, 4) is 0 Å². The number of rotatable bonds is 5. The highest BCUT2D eigenvalue weighted by Gasteiger charge is 2.47. The summed E-state index contributed by atoms with van der Waals surface area (Å²) in [6.45, 7) is 3.50. The molecule has 1 aromatic rings. The average molecular weight is 454 g/mol. The van der Waals surface area contributed by atoms with Crippen LogP contribution in [0.1, 0.15) is 38.2 Å². The zero-order chi connectivity index (χ0) is 22.9. The summed E-state index contributed by atoms with van der Waals surface area (Å²) < 4.78 is 45.8. The van der Waals surface area contributed by atoms with Crippen molar-refractivity contribution in [1.29, 1.82) is 0 Å². The monoisotopic (exact) mass is 453 g/mol. The number of hydrogen-bond donors (Lipinski definition) is 1. The Balaban J connectivity index is 1.39. The molecule has 9 heteroatoms. The largest absolute Gasteiger partial charge is 0.465 e. The lowest BCUT2D eigenvalue weighted by atomic mass is 9.72. The number of nitrogens with one attached hydrogen (secondary N) is 1. The lowest BCUT2D eigenvalue weighted by Gasteiger charge is -2.42. The van der Waals surface area contributed by atoms with Gasteiger partial charge in [0.25, 0.3) is 5.92 Å². The number of carbonyl (C=O) groups is 2. The van der Waals surface area contributed by atoms with Crippen LogP contribution in [0.25, 0.3) is 0 Å². The Bertz CT molecular complexity index is 841. The van der Waals surface area contributed by atoms with E-state index in [9.17, 15) is 22.8 Å². The second-order valence-corrected chi connectivity index (χ2v) is 9.06. The fourth-order valence-corrected chi connectivity index (χ4v) is 5.25. The zero-order valence-corrected chi connectivity index (χ0v) is 18.3. The Morgan fingerprint density at radius 1 is 1.12 bits per heavy atom. The average Bonchev–Trinajstić information content (AvgIpc) is 3.41. The van der Waals surface area contributed by atoms with Crippen LogP contribution in [0.15, 0.2) is 24.3 Å². The van der Waals surface area contributed by atoms with Crippen LogP contribution in [0.5, 0.6) is 0 Å². The summed E-state index contributed by atoms with van der Waals surface area (Å²) in [6.07, 6.45) is 1.35. The highest BCUT2D eigenvalue weighted by Crippen LogP contribution is 2.38. The van der Waals surface area contributed by atoms with E-state index in [-0.39, 0.29) is 43.3 Å². The van der Waals surface area contributed by atoms with Gasteiger partial charge in [-0.05, 0) is 57.0 Å². The fourth-order valence-electron chi connectivity index (χ4n) is 5.25. The molecular weight excluding hydrogens is 423 g/mol. The molecule has 0 bridgehead atoms. The number of nitrogens with zero attached hydrogens (tertiary/aromatic N) is 2. The molecule has 1 aromatic carbocycles. The number of hydrogen-bond acceptors (Lipinski definition) is 5. The van der Waals surface area contributed by atoms with E-state index in [4.69, 9.17) is 4.74 Å². The summed E-state index contributed by atoms with van der Waals surface area (Å²) in [5, 5.41) is 3.20. The SMILES string of the molecule is CCOC(=O)C1(c2ccc(F)cc2)CCN([C@@H]2CN[C@H](C(=O)N3CCC(F)(F)C3)C2)CC1. The number of esters is 1. The lowest BCUT2D eigenvalue weighted by Crippen LogP contribution is -2.51. The molecule has 4 rings (SSSR count). The summed E-state index contributed by atoms with van der Waals surface area (Å²) in [5.41, 5.74) is -0.0626. The minimum atomic E-state index is -2.79. The van der Waals surface area contributed by atoms with Crippen LogP contribution < -0.4 is 5.32 Å². The van der Waals surface area contributed by atoms with Crippen molar-refractivity contribution in [2.24, 2.45) is 0 Å².